The molecular formula is C11H17N3O4S. The number of aryl methyl sites for hydroxylation is 1. The fraction of sp³-hybridized carbons (Fsp3) is 0.455. The van der Waals surface area contributed by atoms with Crippen LogP contribution in [-0.4, -0.2) is 38.8 Å². The van der Waals surface area contributed by atoms with Gasteiger partial charge in [-0.1, -0.05) is 0 Å². The summed E-state index contributed by atoms with van der Waals surface area (Å²) in [6.45, 7) is 2.13. The number of pyridine rings is 1. The molecule has 8 heteroatoms. The van der Waals surface area contributed by atoms with Gasteiger partial charge in [0.05, 0.1) is 24.1 Å². The molecule has 0 aliphatic heterocycles. The summed E-state index contributed by atoms with van der Waals surface area (Å²) >= 11 is 0. The molecule has 0 saturated heterocycles. The van der Waals surface area contributed by atoms with Gasteiger partial charge in [0.1, 0.15) is 5.82 Å². The Hall–Kier alpha value is -1.67. The molecule has 3 N–H and O–H groups in total. The van der Waals surface area contributed by atoms with Gasteiger partial charge in [-0.25, -0.2) is 23.3 Å². The maximum absolute atomic E-state index is 11.4. The number of sulfonamides is 1. The topological polar surface area (TPSA) is 111 Å². The second kappa shape index (κ2) is 6.48. The van der Waals surface area contributed by atoms with Gasteiger partial charge >= 0.3 is 5.97 Å². The molecule has 1 rings (SSSR count). The number of carbonyl (C=O) groups excluding carboxylic acids is 1. The number of hydrogen-bond acceptors (Lipinski definition) is 6. The van der Waals surface area contributed by atoms with E-state index < -0.39 is 16.0 Å². The van der Waals surface area contributed by atoms with Gasteiger partial charge in [-0.15, -0.1) is 0 Å². The van der Waals surface area contributed by atoms with Crippen LogP contribution in [0.1, 0.15) is 22.5 Å². The molecule has 19 heavy (non-hydrogen) atoms. The average Bonchev–Trinajstić information content (AvgIpc) is 2.33. The molecule has 0 aliphatic rings. The van der Waals surface area contributed by atoms with Crippen LogP contribution in [0.2, 0.25) is 0 Å². The molecule has 0 fully saturated rings. The van der Waals surface area contributed by atoms with Crippen molar-refractivity contribution in [2.75, 3.05) is 24.7 Å². The Labute approximate surface area is 112 Å². The van der Waals surface area contributed by atoms with Crippen LogP contribution >= 0.6 is 0 Å². The van der Waals surface area contributed by atoms with E-state index in [1.807, 2.05) is 0 Å². The summed E-state index contributed by atoms with van der Waals surface area (Å²) in [4.78, 5) is 15.5. The number of aromatic nitrogens is 1. The second-order valence-corrected chi connectivity index (χ2v) is 5.70. The van der Waals surface area contributed by atoms with Crippen molar-refractivity contribution in [1.29, 1.82) is 0 Å². The molecule has 0 bridgehead atoms. The maximum atomic E-state index is 11.4. The van der Waals surface area contributed by atoms with Crippen molar-refractivity contribution in [3.05, 3.63) is 23.4 Å². The fourth-order valence-corrected chi connectivity index (χ4v) is 2.02. The lowest BCUT2D eigenvalue weighted by atomic mass is 10.2. The SMILES string of the molecule is COC(=O)c1ccc(NCCCS(N)(=O)=O)nc1C. The maximum Gasteiger partial charge on any atom is 0.339 e. The summed E-state index contributed by atoms with van der Waals surface area (Å²) in [7, 11) is -2.12. The van der Waals surface area contributed by atoms with Gasteiger partial charge in [0.2, 0.25) is 10.0 Å². The normalized spacial score (nSPS) is 11.1. The van der Waals surface area contributed by atoms with Crippen molar-refractivity contribution in [1.82, 2.24) is 4.98 Å². The van der Waals surface area contributed by atoms with Crippen LogP contribution in [0.4, 0.5) is 5.82 Å². The van der Waals surface area contributed by atoms with Crippen molar-refractivity contribution in [3.8, 4) is 0 Å². The summed E-state index contributed by atoms with van der Waals surface area (Å²) in [5, 5.41) is 7.84. The van der Waals surface area contributed by atoms with Gasteiger partial charge in [0.25, 0.3) is 0 Å². The largest absolute Gasteiger partial charge is 0.465 e. The molecule has 1 heterocycles. The van der Waals surface area contributed by atoms with Crippen LogP contribution in [-0.2, 0) is 14.8 Å². The summed E-state index contributed by atoms with van der Waals surface area (Å²) in [6.07, 6.45) is 0.387. The number of anilines is 1. The van der Waals surface area contributed by atoms with E-state index in [0.29, 0.717) is 30.0 Å². The number of hydrogen-bond donors (Lipinski definition) is 2. The number of nitrogens with one attached hydrogen (secondary N) is 1. The Morgan fingerprint density at radius 3 is 2.68 bits per heavy atom. The fourth-order valence-electron chi connectivity index (χ4n) is 1.48. The molecule has 0 amide bonds. The molecule has 0 aromatic carbocycles. The van der Waals surface area contributed by atoms with Crippen molar-refractivity contribution in [2.45, 2.75) is 13.3 Å². The van der Waals surface area contributed by atoms with E-state index in [1.54, 1.807) is 19.1 Å². The van der Waals surface area contributed by atoms with Crippen LogP contribution in [0.15, 0.2) is 12.1 Å². The Balaban J connectivity index is 2.57. The number of nitrogens with zero attached hydrogens (tertiary/aromatic N) is 1. The minimum atomic E-state index is -3.43. The second-order valence-electron chi connectivity index (χ2n) is 3.97. The highest BCUT2D eigenvalue weighted by Crippen LogP contribution is 2.11. The smallest absolute Gasteiger partial charge is 0.339 e. The molecule has 7 nitrogen and oxygen atoms in total. The summed E-state index contributed by atoms with van der Waals surface area (Å²) in [5.41, 5.74) is 0.945. The Morgan fingerprint density at radius 2 is 2.16 bits per heavy atom. The zero-order valence-electron chi connectivity index (χ0n) is 10.8. The zero-order valence-corrected chi connectivity index (χ0v) is 11.7. The molecule has 0 saturated carbocycles. The Morgan fingerprint density at radius 1 is 1.47 bits per heavy atom. The van der Waals surface area contributed by atoms with Gasteiger partial charge in [0.15, 0.2) is 0 Å². The van der Waals surface area contributed by atoms with E-state index in [0.717, 1.165) is 0 Å². The lowest BCUT2D eigenvalue weighted by Crippen LogP contribution is -2.19. The van der Waals surface area contributed by atoms with Gasteiger partial charge in [-0.05, 0) is 25.5 Å². The highest BCUT2D eigenvalue weighted by atomic mass is 32.2. The van der Waals surface area contributed by atoms with Crippen molar-refractivity contribution >= 4 is 21.8 Å². The number of esters is 1. The van der Waals surface area contributed by atoms with Gasteiger partial charge in [-0.3, -0.25) is 0 Å². The Kier molecular flexibility index (Phi) is 5.25. The molecule has 0 atom stereocenters. The van der Waals surface area contributed by atoms with Gasteiger partial charge in [-0.2, -0.15) is 0 Å². The van der Waals surface area contributed by atoms with Gasteiger partial charge < -0.3 is 10.1 Å². The average molecular weight is 287 g/mol. The minimum Gasteiger partial charge on any atom is -0.465 e. The van der Waals surface area contributed by atoms with Crippen molar-refractivity contribution < 1.29 is 17.9 Å². The lowest BCUT2D eigenvalue weighted by molar-refractivity contribution is 0.0599. The molecule has 0 unspecified atom stereocenters. The summed E-state index contributed by atoms with van der Waals surface area (Å²) < 4.78 is 26.1. The molecule has 0 spiro atoms. The molecule has 0 aliphatic carbocycles. The highest BCUT2D eigenvalue weighted by Gasteiger charge is 2.10. The van der Waals surface area contributed by atoms with E-state index in [1.165, 1.54) is 7.11 Å². The van der Waals surface area contributed by atoms with E-state index >= 15 is 0 Å². The number of methoxy groups -OCH3 is 1. The number of ether oxygens (including phenoxy) is 1. The van der Waals surface area contributed by atoms with Crippen LogP contribution < -0.4 is 10.5 Å². The number of rotatable bonds is 6. The summed E-state index contributed by atoms with van der Waals surface area (Å²) in [6, 6.07) is 3.24. The number of primary sulfonamides is 1. The monoisotopic (exact) mass is 287 g/mol. The third-order valence-corrected chi connectivity index (χ3v) is 3.26. The first-order chi connectivity index (χ1) is 8.83. The van der Waals surface area contributed by atoms with Crippen LogP contribution in [0.3, 0.4) is 0 Å². The quantitative estimate of drug-likeness (QED) is 0.573. The minimum absolute atomic E-state index is 0.0841. The van der Waals surface area contributed by atoms with Gasteiger partial charge in [0, 0.05) is 6.54 Å². The first kappa shape index (κ1) is 15.4. The zero-order chi connectivity index (χ0) is 14.5. The first-order valence-corrected chi connectivity index (χ1v) is 7.35. The third kappa shape index (κ3) is 5.23. The Bertz CT molecular complexity index is 557. The molecule has 1 aromatic rings. The third-order valence-electron chi connectivity index (χ3n) is 2.40. The van der Waals surface area contributed by atoms with E-state index in [4.69, 9.17) is 5.14 Å². The van der Waals surface area contributed by atoms with Crippen LogP contribution in [0, 0.1) is 6.92 Å². The lowest BCUT2D eigenvalue weighted by Gasteiger charge is -2.08. The predicted octanol–water partition coefficient (Wildman–Crippen LogP) is 0.267. The van der Waals surface area contributed by atoms with Crippen LogP contribution in [0.25, 0.3) is 0 Å². The molecule has 0 radical (unpaired) electrons. The van der Waals surface area contributed by atoms with E-state index in [2.05, 4.69) is 15.0 Å². The van der Waals surface area contributed by atoms with E-state index in [9.17, 15) is 13.2 Å². The standard InChI is InChI=1S/C11H17N3O4S/c1-8-9(11(15)18-2)4-5-10(14-8)13-6-3-7-19(12,16)17/h4-5H,3,6-7H2,1-2H3,(H,13,14)(H2,12,16,17). The van der Waals surface area contributed by atoms with Crippen LogP contribution in [0.5, 0.6) is 0 Å². The molecule has 1 aromatic heterocycles. The van der Waals surface area contributed by atoms with E-state index in [-0.39, 0.29) is 5.75 Å². The van der Waals surface area contributed by atoms with Crippen molar-refractivity contribution in [3.63, 3.8) is 0 Å². The molecular weight excluding hydrogens is 270 g/mol. The number of carbonyl (C=O) groups is 1. The first-order valence-electron chi connectivity index (χ1n) is 5.64. The molecule has 106 valence electrons. The highest BCUT2D eigenvalue weighted by molar-refractivity contribution is 7.89. The number of nitrogens with two attached hydrogens (primary N) is 1. The van der Waals surface area contributed by atoms with Crippen molar-refractivity contribution in [2.24, 2.45) is 5.14 Å². The summed E-state index contributed by atoms with van der Waals surface area (Å²) in [5.74, 6) is 0.0459. The predicted molar refractivity (Wildman–Crippen MR) is 71.4 cm³/mol.